The van der Waals surface area contributed by atoms with E-state index in [4.69, 9.17) is 9.26 Å². The van der Waals surface area contributed by atoms with Crippen molar-refractivity contribution in [2.75, 3.05) is 26.2 Å². The summed E-state index contributed by atoms with van der Waals surface area (Å²) >= 11 is 0. The zero-order valence-corrected chi connectivity index (χ0v) is 28.5. The molecule has 12 nitrogen and oxygen atoms in total. The topological polar surface area (TPSA) is 163 Å². The molecule has 3 N–H and O–H groups in total. The van der Waals surface area contributed by atoms with Gasteiger partial charge in [0.05, 0.1) is 37.9 Å². The Morgan fingerprint density at radius 2 is 1.70 bits per heavy atom. The van der Waals surface area contributed by atoms with E-state index in [-0.39, 0.29) is 49.6 Å². The molecule has 4 amide bonds. The van der Waals surface area contributed by atoms with Crippen LogP contribution in [-0.2, 0) is 35.1 Å². The van der Waals surface area contributed by atoms with Crippen molar-refractivity contribution in [2.24, 2.45) is 5.92 Å². The Morgan fingerprint density at radius 1 is 1.04 bits per heavy atom. The Balaban J connectivity index is 0.000000711. The molecular formula is C34H51N5O7. The van der Waals surface area contributed by atoms with E-state index in [1.807, 2.05) is 59.7 Å². The summed E-state index contributed by atoms with van der Waals surface area (Å²) in [5, 5.41) is 11.7. The van der Waals surface area contributed by atoms with E-state index < -0.39 is 35.4 Å². The molecule has 3 heterocycles. The number of likely N-dealkylation sites (tertiary alicyclic amines) is 1. The molecule has 46 heavy (non-hydrogen) atoms. The van der Waals surface area contributed by atoms with Gasteiger partial charge in [-0.3, -0.25) is 24.0 Å². The van der Waals surface area contributed by atoms with Crippen LogP contribution < -0.4 is 16.0 Å². The molecule has 0 aliphatic carbocycles. The van der Waals surface area contributed by atoms with Crippen LogP contribution in [0.2, 0.25) is 0 Å². The normalized spacial score (nSPS) is 19.0. The summed E-state index contributed by atoms with van der Waals surface area (Å²) in [5.41, 5.74) is 0.938. The van der Waals surface area contributed by atoms with E-state index in [0.717, 1.165) is 0 Å². The predicted molar refractivity (Wildman–Crippen MR) is 174 cm³/mol. The van der Waals surface area contributed by atoms with Gasteiger partial charge in [0.15, 0.2) is 5.78 Å². The minimum atomic E-state index is -0.854. The quantitative estimate of drug-likeness (QED) is 0.281. The summed E-state index contributed by atoms with van der Waals surface area (Å²) in [6, 6.07) is 10.5. The van der Waals surface area contributed by atoms with E-state index in [1.54, 1.807) is 13.0 Å². The number of aryl methyl sites for hydroxylation is 1. The van der Waals surface area contributed by atoms with Crippen LogP contribution in [-0.4, -0.2) is 83.4 Å². The van der Waals surface area contributed by atoms with E-state index >= 15 is 0 Å². The lowest BCUT2D eigenvalue weighted by molar-refractivity contribution is -0.136. The molecular weight excluding hydrogens is 590 g/mol. The molecule has 2 fully saturated rings. The maximum absolute atomic E-state index is 12.7. The SMILES string of the molecule is CC.CC(C)C[C@H](NC(=O)CN1CC[C@H](NC(=O)CNC(=O)Cc2cc(C(C)C)on2)C1=O)C(=O)C1(C)CO1.Cc1ccccc1. The monoisotopic (exact) mass is 641 g/mol. The second kappa shape index (κ2) is 18.2. The maximum Gasteiger partial charge on any atom is 0.245 e. The lowest BCUT2D eigenvalue weighted by atomic mass is 9.93. The zero-order valence-electron chi connectivity index (χ0n) is 28.5. The largest absolute Gasteiger partial charge is 0.361 e. The van der Waals surface area contributed by atoms with Crippen molar-refractivity contribution in [3.05, 3.63) is 53.4 Å². The Labute approximate surface area is 272 Å². The first-order chi connectivity index (χ1) is 21.8. The first-order valence-corrected chi connectivity index (χ1v) is 16.1. The van der Waals surface area contributed by atoms with Gasteiger partial charge < -0.3 is 30.1 Å². The Kier molecular flexibility index (Phi) is 15.1. The van der Waals surface area contributed by atoms with E-state index in [1.165, 1.54) is 10.5 Å². The van der Waals surface area contributed by atoms with Gasteiger partial charge in [-0.2, -0.15) is 0 Å². The molecule has 4 rings (SSSR count). The van der Waals surface area contributed by atoms with Crippen molar-refractivity contribution in [3.63, 3.8) is 0 Å². The van der Waals surface area contributed by atoms with Crippen molar-refractivity contribution in [3.8, 4) is 0 Å². The van der Waals surface area contributed by atoms with Gasteiger partial charge >= 0.3 is 0 Å². The molecule has 3 atom stereocenters. The van der Waals surface area contributed by atoms with Crippen LogP contribution in [0.25, 0.3) is 0 Å². The highest BCUT2D eigenvalue weighted by atomic mass is 16.6. The number of hydrogen-bond donors (Lipinski definition) is 3. The molecule has 12 heteroatoms. The van der Waals surface area contributed by atoms with Crippen molar-refractivity contribution >= 4 is 29.4 Å². The summed E-state index contributed by atoms with van der Waals surface area (Å²) < 4.78 is 10.4. The van der Waals surface area contributed by atoms with Crippen LogP contribution in [0.3, 0.4) is 0 Å². The maximum atomic E-state index is 12.7. The highest BCUT2D eigenvalue weighted by Gasteiger charge is 2.50. The summed E-state index contributed by atoms with van der Waals surface area (Å²) in [5.74, 6) is -0.905. The number of ether oxygens (including phenoxy) is 1. The van der Waals surface area contributed by atoms with Crippen molar-refractivity contribution in [2.45, 2.75) is 98.3 Å². The summed E-state index contributed by atoms with van der Waals surface area (Å²) in [4.78, 5) is 63.8. The third-order valence-corrected chi connectivity index (χ3v) is 7.30. The number of nitrogens with one attached hydrogen (secondary N) is 3. The van der Waals surface area contributed by atoms with Crippen LogP contribution in [0.1, 0.15) is 84.2 Å². The predicted octanol–water partition coefficient (Wildman–Crippen LogP) is 3.08. The summed E-state index contributed by atoms with van der Waals surface area (Å²) in [7, 11) is 0. The average Bonchev–Trinajstić information content (AvgIpc) is 3.43. The average molecular weight is 642 g/mol. The minimum absolute atomic E-state index is 0.0274. The van der Waals surface area contributed by atoms with Crippen molar-refractivity contribution < 1.29 is 33.2 Å². The summed E-state index contributed by atoms with van der Waals surface area (Å²) in [6.45, 7) is 15.7. The van der Waals surface area contributed by atoms with Gasteiger partial charge in [-0.1, -0.05) is 82.6 Å². The van der Waals surface area contributed by atoms with Gasteiger partial charge in [-0.15, -0.1) is 0 Å². The second-order valence-corrected chi connectivity index (χ2v) is 12.3. The number of amides is 4. The highest BCUT2D eigenvalue weighted by Crippen LogP contribution is 2.29. The fraction of sp³-hybridized carbons (Fsp3) is 0.588. The number of ketones is 1. The molecule has 2 aromatic rings. The molecule has 1 unspecified atom stereocenters. The molecule has 1 aromatic carbocycles. The lowest BCUT2D eigenvalue weighted by Crippen LogP contribution is -2.51. The third-order valence-electron chi connectivity index (χ3n) is 7.30. The van der Waals surface area contributed by atoms with Gasteiger partial charge in [0.25, 0.3) is 0 Å². The Hall–Kier alpha value is -4.06. The van der Waals surface area contributed by atoms with Gasteiger partial charge in [0.2, 0.25) is 23.6 Å². The number of Topliss-reactive ketones (excluding diaryl/α,β-unsaturated/α-hetero) is 1. The van der Waals surface area contributed by atoms with E-state index in [2.05, 4.69) is 40.2 Å². The van der Waals surface area contributed by atoms with Gasteiger partial charge in [-0.25, -0.2) is 0 Å². The first-order valence-electron chi connectivity index (χ1n) is 16.1. The first kappa shape index (κ1) is 38.1. The Morgan fingerprint density at radius 3 is 2.22 bits per heavy atom. The van der Waals surface area contributed by atoms with Crippen LogP contribution in [0, 0.1) is 12.8 Å². The molecule has 2 aliphatic rings. The lowest BCUT2D eigenvalue weighted by Gasteiger charge is -2.23. The molecule has 0 saturated carbocycles. The molecule has 0 spiro atoms. The van der Waals surface area contributed by atoms with Gasteiger partial charge in [0, 0.05) is 18.5 Å². The highest BCUT2D eigenvalue weighted by molar-refractivity contribution is 5.98. The number of carbonyl (C=O) groups is 5. The summed E-state index contributed by atoms with van der Waals surface area (Å²) in [6.07, 6.45) is 0.779. The van der Waals surface area contributed by atoms with Crippen LogP contribution in [0.5, 0.6) is 0 Å². The van der Waals surface area contributed by atoms with Crippen molar-refractivity contribution in [1.82, 2.24) is 26.0 Å². The number of aromatic nitrogens is 1. The smallest absolute Gasteiger partial charge is 0.245 e. The zero-order chi connectivity index (χ0) is 34.4. The van der Waals surface area contributed by atoms with E-state index in [0.29, 0.717) is 30.9 Å². The fourth-order valence-corrected chi connectivity index (χ4v) is 4.63. The van der Waals surface area contributed by atoms with Gasteiger partial charge in [-0.05, 0) is 32.6 Å². The van der Waals surface area contributed by atoms with Crippen LogP contribution in [0.4, 0.5) is 0 Å². The number of benzene rings is 1. The Bertz CT molecular complexity index is 1300. The number of nitrogens with zero attached hydrogens (tertiary/aromatic N) is 2. The second-order valence-electron chi connectivity index (χ2n) is 12.3. The molecule has 1 aromatic heterocycles. The van der Waals surface area contributed by atoms with E-state index in [9.17, 15) is 24.0 Å². The molecule has 2 saturated heterocycles. The molecule has 2 aliphatic heterocycles. The van der Waals surface area contributed by atoms with Crippen LogP contribution >= 0.6 is 0 Å². The number of carbonyl (C=O) groups excluding carboxylic acids is 5. The fourth-order valence-electron chi connectivity index (χ4n) is 4.63. The van der Waals surface area contributed by atoms with Crippen LogP contribution in [0.15, 0.2) is 40.9 Å². The molecule has 0 radical (unpaired) electrons. The number of rotatable bonds is 13. The van der Waals surface area contributed by atoms with Crippen molar-refractivity contribution in [1.29, 1.82) is 0 Å². The minimum Gasteiger partial charge on any atom is -0.361 e. The molecule has 254 valence electrons. The standard InChI is InChI=1S/C25H37N5O7.C7H8.C2H6/c1-14(2)8-18(23(34)25(5)13-36-25)28-22(33)12-30-7-6-17(24(30)35)27-21(32)11-26-20(31)10-16-9-19(15(3)4)37-29-16;1-7-5-3-2-4-6-7;1-2/h9,14-15,17-18H,6-8,10-13H2,1-5H3,(H,26,31)(H,27,32)(H,28,33);2-6H,1H3;1-2H3/t17-,18-,25?;;/m0../s1. The number of hydrogen-bond acceptors (Lipinski definition) is 8. The third kappa shape index (κ3) is 12.4. The molecule has 0 bridgehead atoms. The van der Waals surface area contributed by atoms with Gasteiger partial charge in [0.1, 0.15) is 17.4 Å². The number of epoxide rings is 1.